The summed E-state index contributed by atoms with van der Waals surface area (Å²) < 4.78 is 1.61. The number of nitrogens with two attached hydrogens (primary N) is 1. The fraction of sp³-hybridized carbons (Fsp3) is 0.400. The van der Waals surface area contributed by atoms with Crippen LogP contribution in [-0.4, -0.2) is 25.8 Å². The molecule has 112 valence electrons. The molecule has 0 aliphatic heterocycles. The van der Waals surface area contributed by atoms with Gasteiger partial charge in [0.05, 0.1) is 6.54 Å². The van der Waals surface area contributed by atoms with Crippen LogP contribution in [-0.2, 0) is 29.7 Å². The van der Waals surface area contributed by atoms with Gasteiger partial charge >= 0.3 is 5.97 Å². The summed E-state index contributed by atoms with van der Waals surface area (Å²) in [6.07, 6.45) is 1.38. The van der Waals surface area contributed by atoms with Gasteiger partial charge in [0.25, 0.3) is 0 Å². The predicted molar refractivity (Wildman–Crippen MR) is 78.7 cm³/mol. The van der Waals surface area contributed by atoms with Gasteiger partial charge in [-0.25, -0.2) is 14.5 Å². The first-order valence-electron chi connectivity index (χ1n) is 7.01. The zero-order chi connectivity index (χ0) is 15.5. The second-order valence-electron chi connectivity index (χ2n) is 4.95. The lowest BCUT2D eigenvalue weighted by Gasteiger charge is -2.25. The molecule has 1 unspecified atom stereocenters. The molecule has 0 bridgehead atoms. The number of rotatable bonds is 6. The number of aliphatic carboxylic acids is 1. The van der Waals surface area contributed by atoms with E-state index in [1.165, 1.54) is 0 Å². The van der Waals surface area contributed by atoms with E-state index in [0.29, 0.717) is 24.2 Å². The molecule has 3 N–H and O–H groups in total. The number of carboxylic acids is 1. The summed E-state index contributed by atoms with van der Waals surface area (Å²) in [6, 6.07) is 8.82. The van der Waals surface area contributed by atoms with Crippen LogP contribution in [0.25, 0.3) is 0 Å². The number of aryl methyl sites for hydroxylation is 2. The molecular formula is C15H20N4O2. The first-order chi connectivity index (χ1) is 10.0. The minimum absolute atomic E-state index is 0.0581. The van der Waals surface area contributed by atoms with Crippen molar-refractivity contribution in [1.29, 1.82) is 0 Å². The van der Waals surface area contributed by atoms with Crippen molar-refractivity contribution < 1.29 is 9.90 Å². The molecular weight excluding hydrogens is 268 g/mol. The summed E-state index contributed by atoms with van der Waals surface area (Å²) in [5.74, 6) is 0.371. The molecule has 0 radical (unpaired) electrons. The van der Waals surface area contributed by atoms with E-state index < -0.39 is 11.5 Å². The summed E-state index contributed by atoms with van der Waals surface area (Å²) in [5, 5.41) is 13.9. The van der Waals surface area contributed by atoms with Gasteiger partial charge in [-0.3, -0.25) is 0 Å². The third-order valence-electron chi connectivity index (χ3n) is 3.49. The monoisotopic (exact) mass is 288 g/mol. The van der Waals surface area contributed by atoms with Gasteiger partial charge in [0.1, 0.15) is 5.82 Å². The first-order valence-corrected chi connectivity index (χ1v) is 7.01. The smallest absolute Gasteiger partial charge is 0.330 e. The molecule has 0 saturated carbocycles. The zero-order valence-electron chi connectivity index (χ0n) is 12.3. The second kappa shape index (κ2) is 6.05. The van der Waals surface area contributed by atoms with Crippen LogP contribution in [0.3, 0.4) is 0 Å². The molecule has 21 heavy (non-hydrogen) atoms. The van der Waals surface area contributed by atoms with E-state index in [1.807, 2.05) is 19.9 Å². The zero-order valence-corrected chi connectivity index (χ0v) is 12.3. The maximum atomic E-state index is 11.7. The van der Waals surface area contributed by atoms with Crippen molar-refractivity contribution in [2.24, 2.45) is 5.73 Å². The van der Waals surface area contributed by atoms with Crippen molar-refractivity contribution in [2.45, 2.75) is 38.8 Å². The van der Waals surface area contributed by atoms with E-state index in [2.05, 4.69) is 10.1 Å². The lowest BCUT2D eigenvalue weighted by molar-refractivity contribution is -0.144. The van der Waals surface area contributed by atoms with Gasteiger partial charge in [-0.2, -0.15) is 5.10 Å². The van der Waals surface area contributed by atoms with E-state index in [-0.39, 0.29) is 6.54 Å². The van der Waals surface area contributed by atoms with Crippen LogP contribution >= 0.6 is 0 Å². The molecule has 0 spiro atoms. The molecule has 0 aliphatic rings. The minimum atomic E-state index is -1.52. The van der Waals surface area contributed by atoms with Crippen molar-refractivity contribution in [3.63, 3.8) is 0 Å². The average Bonchev–Trinajstić information content (AvgIpc) is 2.89. The summed E-state index contributed by atoms with van der Waals surface area (Å²) in [4.78, 5) is 16.1. The number of hydrogen-bond acceptors (Lipinski definition) is 4. The Morgan fingerprint density at radius 3 is 2.48 bits per heavy atom. The second-order valence-corrected chi connectivity index (χ2v) is 4.95. The molecule has 0 saturated heterocycles. The Balaban J connectivity index is 2.41. The topological polar surface area (TPSA) is 94.0 Å². The number of carboxylic acid groups (broad SMARTS) is 1. The largest absolute Gasteiger partial charge is 0.480 e. The Morgan fingerprint density at radius 2 is 1.95 bits per heavy atom. The number of nitrogens with zero attached hydrogens (tertiary/aromatic N) is 3. The highest BCUT2D eigenvalue weighted by Crippen LogP contribution is 2.21. The Kier molecular flexibility index (Phi) is 4.37. The lowest BCUT2D eigenvalue weighted by atomic mass is 9.91. The number of hydrogen-bond donors (Lipinski definition) is 2. The summed E-state index contributed by atoms with van der Waals surface area (Å²) in [5.41, 5.74) is 5.21. The van der Waals surface area contributed by atoms with Crippen molar-refractivity contribution >= 4 is 5.97 Å². The fourth-order valence-corrected chi connectivity index (χ4v) is 2.22. The van der Waals surface area contributed by atoms with E-state index >= 15 is 0 Å². The standard InChI is InChI=1S/C15H20N4O2/c1-3-12-17-13(4-2)19(18-12)10-15(16,14(20)21)11-8-6-5-7-9-11/h5-9H,3-4,10,16H2,1-2H3,(H,20,21). The van der Waals surface area contributed by atoms with Crippen LogP contribution in [0.4, 0.5) is 0 Å². The molecule has 1 aromatic heterocycles. The van der Waals surface area contributed by atoms with Crippen LogP contribution in [0, 0.1) is 0 Å². The maximum Gasteiger partial charge on any atom is 0.330 e. The van der Waals surface area contributed by atoms with Crippen molar-refractivity contribution in [3.8, 4) is 0 Å². The minimum Gasteiger partial charge on any atom is -0.480 e. The van der Waals surface area contributed by atoms with Crippen LogP contribution in [0.1, 0.15) is 31.1 Å². The highest BCUT2D eigenvalue weighted by Gasteiger charge is 2.37. The van der Waals surface area contributed by atoms with Gasteiger partial charge in [0.15, 0.2) is 11.4 Å². The van der Waals surface area contributed by atoms with Gasteiger partial charge < -0.3 is 10.8 Å². The predicted octanol–water partition coefficient (Wildman–Crippen LogP) is 1.34. The maximum absolute atomic E-state index is 11.7. The molecule has 1 aromatic carbocycles. The molecule has 1 heterocycles. The third-order valence-corrected chi connectivity index (χ3v) is 3.49. The molecule has 6 nitrogen and oxygen atoms in total. The lowest BCUT2D eigenvalue weighted by Crippen LogP contribution is -2.48. The molecule has 0 amide bonds. The van der Waals surface area contributed by atoms with Crippen LogP contribution in [0.15, 0.2) is 30.3 Å². The van der Waals surface area contributed by atoms with Crippen LogP contribution in [0.5, 0.6) is 0 Å². The summed E-state index contributed by atoms with van der Waals surface area (Å²) in [6.45, 7) is 3.98. The van der Waals surface area contributed by atoms with Crippen molar-refractivity contribution in [2.75, 3.05) is 0 Å². The van der Waals surface area contributed by atoms with Crippen LogP contribution < -0.4 is 5.73 Å². The van der Waals surface area contributed by atoms with Crippen molar-refractivity contribution in [3.05, 3.63) is 47.5 Å². The molecule has 0 fully saturated rings. The van der Waals surface area contributed by atoms with Crippen LogP contribution in [0.2, 0.25) is 0 Å². The molecule has 0 aliphatic carbocycles. The molecule has 6 heteroatoms. The summed E-state index contributed by atoms with van der Waals surface area (Å²) in [7, 11) is 0. The Morgan fingerprint density at radius 1 is 1.29 bits per heavy atom. The van der Waals surface area contributed by atoms with Gasteiger partial charge in [0, 0.05) is 12.8 Å². The fourth-order valence-electron chi connectivity index (χ4n) is 2.22. The number of benzene rings is 1. The van der Waals surface area contributed by atoms with E-state index in [0.717, 1.165) is 5.82 Å². The number of carbonyl (C=O) groups is 1. The molecule has 1 atom stereocenters. The molecule has 2 aromatic rings. The summed E-state index contributed by atoms with van der Waals surface area (Å²) >= 11 is 0. The first kappa shape index (κ1) is 15.2. The molecule has 2 rings (SSSR count). The van der Waals surface area contributed by atoms with E-state index in [4.69, 9.17) is 5.73 Å². The van der Waals surface area contributed by atoms with Gasteiger partial charge in [-0.1, -0.05) is 44.2 Å². The number of aromatic nitrogens is 3. The normalized spacial score (nSPS) is 13.9. The van der Waals surface area contributed by atoms with Gasteiger partial charge in [-0.15, -0.1) is 0 Å². The van der Waals surface area contributed by atoms with Gasteiger partial charge in [0.2, 0.25) is 0 Å². The van der Waals surface area contributed by atoms with Gasteiger partial charge in [-0.05, 0) is 5.56 Å². The average molecular weight is 288 g/mol. The highest BCUT2D eigenvalue weighted by atomic mass is 16.4. The van der Waals surface area contributed by atoms with E-state index in [9.17, 15) is 9.90 Å². The Labute approximate surface area is 123 Å². The Hall–Kier alpha value is -2.21. The third kappa shape index (κ3) is 2.95. The van der Waals surface area contributed by atoms with Crippen molar-refractivity contribution in [1.82, 2.24) is 14.8 Å². The Bertz CT molecular complexity index is 624. The quantitative estimate of drug-likeness (QED) is 0.836. The SMILES string of the molecule is CCc1nc(CC)n(CC(N)(C(=O)O)c2ccccc2)n1. The van der Waals surface area contributed by atoms with E-state index in [1.54, 1.807) is 28.9 Å². The highest BCUT2D eigenvalue weighted by molar-refractivity contribution is 5.80.